The predicted octanol–water partition coefficient (Wildman–Crippen LogP) is 1.86. The van der Waals surface area contributed by atoms with E-state index in [2.05, 4.69) is 10.2 Å². The maximum atomic E-state index is 12.9. The van der Waals surface area contributed by atoms with Crippen LogP contribution in [0, 0.1) is 5.82 Å². The fraction of sp³-hybridized carbons (Fsp3) is 0. The third-order valence-corrected chi connectivity index (χ3v) is 1.81. The van der Waals surface area contributed by atoms with Crippen LogP contribution in [0.15, 0.2) is 36.4 Å². The Morgan fingerprint density at radius 2 is 1.93 bits per heavy atom. The van der Waals surface area contributed by atoms with Crippen LogP contribution in [0.5, 0.6) is 0 Å². The minimum atomic E-state index is -0.291. The van der Waals surface area contributed by atoms with Gasteiger partial charge in [-0.1, -0.05) is 12.1 Å². The zero-order chi connectivity index (χ0) is 9.97. The van der Waals surface area contributed by atoms with Crippen molar-refractivity contribution < 1.29 is 4.39 Å². The summed E-state index contributed by atoms with van der Waals surface area (Å²) in [5.41, 5.74) is 6.69. The van der Waals surface area contributed by atoms with Gasteiger partial charge in [-0.3, -0.25) is 0 Å². The van der Waals surface area contributed by atoms with Crippen molar-refractivity contribution in [3.63, 3.8) is 0 Å². The SMILES string of the molecule is Nc1ccc(-c2cccc(F)c2)nn1. The van der Waals surface area contributed by atoms with Gasteiger partial charge in [0.2, 0.25) is 0 Å². The number of aromatic nitrogens is 2. The lowest BCUT2D eigenvalue weighted by molar-refractivity contribution is 0.628. The van der Waals surface area contributed by atoms with Gasteiger partial charge in [0.05, 0.1) is 5.69 Å². The third-order valence-electron chi connectivity index (χ3n) is 1.81. The Balaban J connectivity index is 2.44. The molecule has 70 valence electrons. The van der Waals surface area contributed by atoms with Crippen molar-refractivity contribution in [2.45, 2.75) is 0 Å². The number of hydrogen-bond acceptors (Lipinski definition) is 3. The number of nitrogens with zero attached hydrogens (tertiary/aromatic N) is 2. The molecule has 0 aliphatic carbocycles. The summed E-state index contributed by atoms with van der Waals surface area (Å²) >= 11 is 0. The molecule has 2 N–H and O–H groups in total. The Kier molecular flexibility index (Phi) is 2.10. The van der Waals surface area contributed by atoms with E-state index in [4.69, 9.17) is 5.73 Å². The fourth-order valence-electron chi connectivity index (χ4n) is 1.14. The summed E-state index contributed by atoms with van der Waals surface area (Å²) in [6.45, 7) is 0. The molecular formula is C10H8FN3. The number of anilines is 1. The monoisotopic (exact) mass is 189 g/mol. The van der Waals surface area contributed by atoms with Crippen molar-refractivity contribution in [3.05, 3.63) is 42.2 Å². The second-order valence-electron chi connectivity index (χ2n) is 2.85. The summed E-state index contributed by atoms with van der Waals surface area (Å²) in [7, 11) is 0. The molecule has 1 aromatic carbocycles. The van der Waals surface area contributed by atoms with Crippen LogP contribution >= 0.6 is 0 Å². The molecule has 0 bridgehead atoms. The lowest BCUT2D eigenvalue weighted by Crippen LogP contribution is -1.93. The summed E-state index contributed by atoms with van der Waals surface area (Å²) in [6.07, 6.45) is 0. The molecule has 0 atom stereocenters. The molecule has 0 saturated heterocycles. The fourth-order valence-corrected chi connectivity index (χ4v) is 1.14. The molecule has 4 heteroatoms. The molecule has 0 fully saturated rings. The average Bonchev–Trinajstić information content (AvgIpc) is 2.19. The van der Waals surface area contributed by atoms with Crippen LogP contribution in [0.4, 0.5) is 10.2 Å². The van der Waals surface area contributed by atoms with E-state index in [1.54, 1.807) is 24.3 Å². The number of nitrogen functional groups attached to an aromatic ring is 1. The smallest absolute Gasteiger partial charge is 0.146 e. The van der Waals surface area contributed by atoms with Crippen LogP contribution in [-0.2, 0) is 0 Å². The molecule has 0 aliphatic rings. The van der Waals surface area contributed by atoms with Crippen molar-refractivity contribution in [3.8, 4) is 11.3 Å². The first kappa shape index (κ1) is 8.62. The molecule has 2 aromatic rings. The molecule has 2 rings (SSSR count). The van der Waals surface area contributed by atoms with Gasteiger partial charge >= 0.3 is 0 Å². The van der Waals surface area contributed by atoms with Crippen molar-refractivity contribution in [1.82, 2.24) is 10.2 Å². The zero-order valence-electron chi connectivity index (χ0n) is 7.31. The Labute approximate surface area is 80.4 Å². The highest BCUT2D eigenvalue weighted by molar-refractivity contribution is 5.59. The van der Waals surface area contributed by atoms with Crippen LogP contribution in [0.1, 0.15) is 0 Å². The van der Waals surface area contributed by atoms with E-state index in [0.29, 0.717) is 17.1 Å². The molecule has 0 amide bonds. The van der Waals surface area contributed by atoms with E-state index < -0.39 is 0 Å². The predicted molar refractivity (Wildman–Crippen MR) is 51.8 cm³/mol. The first-order valence-corrected chi connectivity index (χ1v) is 4.11. The van der Waals surface area contributed by atoms with Crippen molar-refractivity contribution >= 4 is 5.82 Å². The topological polar surface area (TPSA) is 51.8 Å². The van der Waals surface area contributed by atoms with Gasteiger partial charge in [0.15, 0.2) is 0 Å². The highest BCUT2D eigenvalue weighted by Gasteiger charge is 2.00. The number of halogens is 1. The van der Waals surface area contributed by atoms with Crippen LogP contribution < -0.4 is 5.73 Å². The van der Waals surface area contributed by atoms with E-state index in [0.717, 1.165) is 0 Å². The zero-order valence-corrected chi connectivity index (χ0v) is 7.31. The van der Waals surface area contributed by atoms with Crippen LogP contribution in [0.3, 0.4) is 0 Å². The molecule has 0 radical (unpaired) electrons. The molecule has 0 spiro atoms. The molecule has 3 nitrogen and oxygen atoms in total. The lowest BCUT2D eigenvalue weighted by atomic mass is 10.1. The lowest BCUT2D eigenvalue weighted by Gasteiger charge is -1.99. The first-order chi connectivity index (χ1) is 6.75. The van der Waals surface area contributed by atoms with Gasteiger partial charge in [0.25, 0.3) is 0 Å². The van der Waals surface area contributed by atoms with E-state index in [1.165, 1.54) is 12.1 Å². The van der Waals surface area contributed by atoms with Gasteiger partial charge in [0.1, 0.15) is 11.6 Å². The molecule has 0 unspecified atom stereocenters. The molecule has 1 aromatic heterocycles. The Morgan fingerprint density at radius 3 is 2.57 bits per heavy atom. The quantitative estimate of drug-likeness (QED) is 0.744. The Morgan fingerprint density at radius 1 is 1.07 bits per heavy atom. The van der Waals surface area contributed by atoms with E-state index >= 15 is 0 Å². The van der Waals surface area contributed by atoms with E-state index in [-0.39, 0.29) is 5.82 Å². The summed E-state index contributed by atoms with van der Waals surface area (Å²) in [6, 6.07) is 9.52. The second-order valence-corrected chi connectivity index (χ2v) is 2.85. The van der Waals surface area contributed by atoms with Crippen LogP contribution in [0.25, 0.3) is 11.3 Å². The minimum absolute atomic E-state index is 0.291. The van der Waals surface area contributed by atoms with E-state index in [9.17, 15) is 4.39 Å². The Bertz CT molecular complexity index is 439. The van der Waals surface area contributed by atoms with Gasteiger partial charge in [-0.25, -0.2) is 4.39 Å². The number of nitrogens with two attached hydrogens (primary N) is 1. The number of rotatable bonds is 1. The van der Waals surface area contributed by atoms with Gasteiger partial charge < -0.3 is 5.73 Å². The highest BCUT2D eigenvalue weighted by Crippen LogP contribution is 2.16. The van der Waals surface area contributed by atoms with Crippen molar-refractivity contribution in [2.24, 2.45) is 0 Å². The normalized spacial score (nSPS) is 10.1. The molecule has 1 heterocycles. The summed E-state index contributed by atoms with van der Waals surface area (Å²) in [5, 5.41) is 7.54. The first-order valence-electron chi connectivity index (χ1n) is 4.11. The van der Waals surface area contributed by atoms with Crippen LogP contribution in [-0.4, -0.2) is 10.2 Å². The van der Waals surface area contributed by atoms with Gasteiger partial charge in [-0.15, -0.1) is 10.2 Å². The third kappa shape index (κ3) is 1.69. The van der Waals surface area contributed by atoms with Gasteiger partial charge in [-0.05, 0) is 24.3 Å². The van der Waals surface area contributed by atoms with E-state index in [1.807, 2.05) is 0 Å². The number of benzene rings is 1. The maximum absolute atomic E-state index is 12.9. The average molecular weight is 189 g/mol. The van der Waals surface area contributed by atoms with Crippen molar-refractivity contribution in [2.75, 3.05) is 5.73 Å². The largest absolute Gasteiger partial charge is 0.382 e. The van der Waals surface area contributed by atoms with Crippen molar-refractivity contribution in [1.29, 1.82) is 0 Å². The van der Waals surface area contributed by atoms with Crippen LogP contribution in [0.2, 0.25) is 0 Å². The van der Waals surface area contributed by atoms with Gasteiger partial charge in [-0.2, -0.15) is 0 Å². The maximum Gasteiger partial charge on any atom is 0.146 e. The second kappa shape index (κ2) is 3.41. The summed E-state index contributed by atoms with van der Waals surface area (Å²) < 4.78 is 12.9. The minimum Gasteiger partial charge on any atom is -0.382 e. The Hall–Kier alpha value is -1.97. The standard InChI is InChI=1S/C10H8FN3/c11-8-3-1-2-7(6-8)9-4-5-10(12)14-13-9/h1-6H,(H2,12,14). The molecule has 0 aliphatic heterocycles. The van der Waals surface area contributed by atoms with Gasteiger partial charge in [0, 0.05) is 5.56 Å². The molecule has 0 saturated carbocycles. The highest BCUT2D eigenvalue weighted by atomic mass is 19.1. The summed E-state index contributed by atoms with van der Waals surface area (Å²) in [4.78, 5) is 0. The summed E-state index contributed by atoms with van der Waals surface area (Å²) in [5.74, 6) is 0.0614. The molecule has 14 heavy (non-hydrogen) atoms. The molecular weight excluding hydrogens is 181 g/mol. The number of hydrogen-bond donors (Lipinski definition) is 1.